The first-order chi connectivity index (χ1) is 13.8. The van der Waals surface area contributed by atoms with Crippen LogP contribution in [0, 0.1) is 0 Å². The standard InChI is InChI=1S/C23H25N5/c1-2-10-26-11-3-12-28-21-7-5-17(14-20(21)25-23(28)15-19(26)4-1)18-6-8-22-24-9-13-27(22)16-18/h5-9,13-14,16,19H,1-4,10-12,15H2/t19-/m1/s1. The number of piperidine rings is 1. The largest absolute Gasteiger partial charge is 0.328 e. The smallest absolute Gasteiger partial charge is 0.136 e. The van der Waals surface area contributed by atoms with Gasteiger partial charge in [0, 0.05) is 44.1 Å². The maximum absolute atomic E-state index is 5.10. The third-order valence-electron chi connectivity index (χ3n) is 6.54. The summed E-state index contributed by atoms with van der Waals surface area (Å²) in [6, 6.07) is 11.6. The van der Waals surface area contributed by atoms with Gasteiger partial charge in [-0.25, -0.2) is 9.97 Å². The topological polar surface area (TPSA) is 38.4 Å². The molecule has 1 atom stereocenters. The maximum atomic E-state index is 5.10. The Bertz CT molecular complexity index is 1150. The zero-order valence-electron chi connectivity index (χ0n) is 16.1. The highest BCUT2D eigenvalue weighted by Crippen LogP contribution is 2.29. The fourth-order valence-corrected chi connectivity index (χ4v) is 5.08. The number of hydrogen-bond acceptors (Lipinski definition) is 3. The Morgan fingerprint density at radius 2 is 1.86 bits per heavy atom. The summed E-state index contributed by atoms with van der Waals surface area (Å²) in [4.78, 5) is 12.1. The first-order valence-electron chi connectivity index (χ1n) is 10.5. The van der Waals surface area contributed by atoms with E-state index >= 15 is 0 Å². The van der Waals surface area contributed by atoms with Gasteiger partial charge < -0.3 is 8.97 Å². The molecular formula is C23H25N5. The fraction of sp³-hybridized carbons (Fsp3) is 0.391. The van der Waals surface area contributed by atoms with Crippen LogP contribution >= 0.6 is 0 Å². The van der Waals surface area contributed by atoms with Gasteiger partial charge in [0.25, 0.3) is 0 Å². The molecule has 1 aromatic carbocycles. The molecule has 0 bridgehead atoms. The van der Waals surface area contributed by atoms with Crippen LogP contribution in [0.25, 0.3) is 27.8 Å². The van der Waals surface area contributed by atoms with Crippen molar-refractivity contribution in [3.8, 4) is 11.1 Å². The minimum atomic E-state index is 0.674. The Hall–Kier alpha value is -2.66. The van der Waals surface area contributed by atoms with E-state index in [9.17, 15) is 0 Å². The molecule has 3 aromatic heterocycles. The molecule has 1 saturated heterocycles. The Balaban J connectivity index is 1.41. The lowest BCUT2D eigenvalue weighted by Crippen LogP contribution is -2.43. The summed E-state index contributed by atoms with van der Waals surface area (Å²) in [6.45, 7) is 3.58. The van der Waals surface area contributed by atoms with Gasteiger partial charge in [-0.3, -0.25) is 4.90 Å². The lowest BCUT2D eigenvalue weighted by atomic mass is 9.98. The van der Waals surface area contributed by atoms with Crippen LogP contribution < -0.4 is 0 Å². The van der Waals surface area contributed by atoms with Crippen molar-refractivity contribution >= 4 is 16.7 Å². The Labute approximate surface area is 164 Å². The minimum Gasteiger partial charge on any atom is -0.328 e. The van der Waals surface area contributed by atoms with E-state index in [1.54, 1.807) is 0 Å². The van der Waals surface area contributed by atoms with Gasteiger partial charge in [-0.15, -0.1) is 0 Å². The van der Waals surface area contributed by atoms with Gasteiger partial charge in [0.2, 0.25) is 0 Å². The molecule has 0 radical (unpaired) electrons. The van der Waals surface area contributed by atoms with E-state index in [-0.39, 0.29) is 0 Å². The summed E-state index contributed by atoms with van der Waals surface area (Å²) in [5.74, 6) is 1.27. The average molecular weight is 371 g/mol. The normalized spacial score (nSPS) is 20.6. The molecular weight excluding hydrogens is 346 g/mol. The van der Waals surface area contributed by atoms with E-state index in [4.69, 9.17) is 4.98 Å². The lowest BCUT2D eigenvalue weighted by molar-refractivity contribution is 0.135. The third-order valence-corrected chi connectivity index (χ3v) is 6.54. The van der Waals surface area contributed by atoms with Gasteiger partial charge in [0.15, 0.2) is 0 Å². The Kier molecular flexibility index (Phi) is 3.76. The van der Waals surface area contributed by atoms with E-state index in [0.29, 0.717) is 6.04 Å². The fourth-order valence-electron chi connectivity index (χ4n) is 5.08. The van der Waals surface area contributed by atoms with Crippen molar-refractivity contribution in [2.45, 2.75) is 44.7 Å². The number of fused-ring (bicyclic) bond motifs is 5. The van der Waals surface area contributed by atoms with Crippen molar-refractivity contribution in [2.75, 3.05) is 13.1 Å². The second kappa shape index (κ2) is 6.45. The van der Waals surface area contributed by atoms with E-state index in [1.165, 1.54) is 61.2 Å². The molecule has 0 spiro atoms. The molecule has 0 saturated carbocycles. The van der Waals surface area contributed by atoms with Crippen LogP contribution in [0.1, 0.15) is 31.5 Å². The molecule has 5 nitrogen and oxygen atoms in total. The second-order valence-electron chi connectivity index (χ2n) is 8.24. The molecule has 0 N–H and O–H groups in total. The van der Waals surface area contributed by atoms with Crippen molar-refractivity contribution in [2.24, 2.45) is 0 Å². The number of hydrogen-bond donors (Lipinski definition) is 0. The maximum Gasteiger partial charge on any atom is 0.136 e. The van der Waals surface area contributed by atoms with Gasteiger partial charge in [-0.1, -0.05) is 12.5 Å². The molecule has 4 aromatic rings. The van der Waals surface area contributed by atoms with Crippen molar-refractivity contribution in [3.05, 3.63) is 54.7 Å². The van der Waals surface area contributed by atoms with Crippen molar-refractivity contribution in [1.29, 1.82) is 0 Å². The number of rotatable bonds is 1. The van der Waals surface area contributed by atoms with E-state index in [1.807, 2.05) is 12.4 Å². The molecule has 1 fully saturated rings. The summed E-state index contributed by atoms with van der Waals surface area (Å²) in [5, 5.41) is 0. The summed E-state index contributed by atoms with van der Waals surface area (Å²) in [5.41, 5.74) is 5.81. The second-order valence-corrected chi connectivity index (χ2v) is 8.24. The van der Waals surface area contributed by atoms with Crippen molar-refractivity contribution in [3.63, 3.8) is 0 Å². The first-order valence-corrected chi connectivity index (χ1v) is 10.5. The number of aromatic nitrogens is 4. The van der Waals surface area contributed by atoms with Crippen LogP contribution in [0.3, 0.4) is 0 Å². The molecule has 2 aliphatic heterocycles. The van der Waals surface area contributed by atoms with Crippen molar-refractivity contribution < 1.29 is 0 Å². The number of nitrogens with zero attached hydrogens (tertiary/aromatic N) is 5. The SMILES string of the molecule is c1cn2cc(-c3ccc4c(c3)nc3n4CCCN4CCCC[C@@H]4C3)ccc2n1. The number of aryl methyl sites for hydroxylation is 1. The average Bonchev–Trinajstić information content (AvgIpc) is 3.30. The summed E-state index contributed by atoms with van der Waals surface area (Å²) >= 11 is 0. The quantitative estimate of drug-likeness (QED) is 0.504. The van der Waals surface area contributed by atoms with E-state index < -0.39 is 0 Å². The molecule has 6 rings (SSSR count). The van der Waals surface area contributed by atoms with Crippen LogP contribution in [-0.4, -0.2) is 43.0 Å². The minimum absolute atomic E-state index is 0.674. The van der Waals surface area contributed by atoms with Gasteiger partial charge in [0.1, 0.15) is 11.5 Å². The highest BCUT2D eigenvalue weighted by molar-refractivity contribution is 5.82. The summed E-state index contributed by atoms with van der Waals surface area (Å²) < 4.78 is 4.55. The third kappa shape index (κ3) is 2.65. The van der Waals surface area contributed by atoms with E-state index in [2.05, 4.69) is 55.4 Å². The van der Waals surface area contributed by atoms with Crippen LogP contribution in [0.4, 0.5) is 0 Å². The zero-order valence-corrected chi connectivity index (χ0v) is 16.1. The van der Waals surface area contributed by atoms with Gasteiger partial charge >= 0.3 is 0 Å². The van der Waals surface area contributed by atoms with Gasteiger partial charge in [-0.2, -0.15) is 0 Å². The van der Waals surface area contributed by atoms with Crippen LogP contribution in [0.2, 0.25) is 0 Å². The van der Waals surface area contributed by atoms with Crippen LogP contribution in [-0.2, 0) is 13.0 Å². The summed E-state index contributed by atoms with van der Waals surface area (Å²) in [7, 11) is 0. The molecule has 2 aliphatic rings. The number of benzene rings is 1. The predicted molar refractivity (Wildman–Crippen MR) is 111 cm³/mol. The molecule has 0 amide bonds. The van der Waals surface area contributed by atoms with Crippen LogP contribution in [0.15, 0.2) is 48.9 Å². The number of imidazole rings is 2. The molecule has 5 heteroatoms. The molecule has 0 unspecified atom stereocenters. The van der Waals surface area contributed by atoms with Gasteiger partial charge in [0.05, 0.1) is 11.0 Å². The monoisotopic (exact) mass is 371 g/mol. The summed E-state index contributed by atoms with van der Waals surface area (Å²) in [6.07, 6.45) is 12.3. The lowest BCUT2D eigenvalue weighted by Gasteiger charge is -2.37. The van der Waals surface area contributed by atoms with E-state index in [0.717, 1.165) is 24.1 Å². The van der Waals surface area contributed by atoms with Crippen molar-refractivity contribution in [1.82, 2.24) is 23.8 Å². The van der Waals surface area contributed by atoms with Crippen LogP contribution in [0.5, 0.6) is 0 Å². The Morgan fingerprint density at radius 3 is 2.86 bits per heavy atom. The Morgan fingerprint density at radius 1 is 0.929 bits per heavy atom. The predicted octanol–water partition coefficient (Wildman–Crippen LogP) is 4.15. The molecule has 5 heterocycles. The number of pyridine rings is 1. The molecule has 142 valence electrons. The molecule has 28 heavy (non-hydrogen) atoms. The first kappa shape index (κ1) is 16.3. The highest BCUT2D eigenvalue weighted by atomic mass is 15.2. The molecule has 0 aliphatic carbocycles. The zero-order chi connectivity index (χ0) is 18.5. The highest BCUT2D eigenvalue weighted by Gasteiger charge is 2.26. The van der Waals surface area contributed by atoms with Gasteiger partial charge in [-0.05, 0) is 61.2 Å².